The maximum absolute atomic E-state index is 12.6. The Morgan fingerprint density at radius 1 is 1.25 bits per heavy atom. The first-order valence-corrected chi connectivity index (χ1v) is 8.83. The summed E-state index contributed by atoms with van der Waals surface area (Å²) in [6.45, 7) is 3.08. The second-order valence-corrected chi connectivity index (χ2v) is 7.13. The number of benzene rings is 1. The Kier molecular flexibility index (Phi) is 5.07. The summed E-state index contributed by atoms with van der Waals surface area (Å²) in [4.78, 5) is 25.4. The van der Waals surface area contributed by atoms with Crippen molar-refractivity contribution in [2.24, 2.45) is 17.6 Å². The normalized spacial score (nSPS) is 22.0. The largest absolute Gasteiger partial charge is 0.461 e. The van der Waals surface area contributed by atoms with Crippen LogP contribution in [-0.2, 0) is 16.0 Å². The van der Waals surface area contributed by atoms with Gasteiger partial charge in [0.1, 0.15) is 6.10 Å². The predicted molar refractivity (Wildman–Crippen MR) is 91.4 cm³/mol. The monoisotopic (exact) mass is 330 g/mol. The lowest BCUT2D eigenvalue weighted by molar-refractivity contribution is -0.156. The van der Waals surface area contributed by atoms with Gasteiger partial charge in [-0.05, 0) is 44.1 Å². The summed E-state index contributed by atoms with van der Waals surface area (Å²) >= 11 is 0. The summed E-state index contributed by atoms with van der Waals surface area (Å²) in [7, 11) is 0. The van der Waals surface area contributed by atoms with E-state index in [0.717, 1.165) is 32.1 Å². The molecular weight excluding hydrogens is 304 g/mol. The topological polar surface area (TPSA) is 72.6 Å². The Morgan fingerprint density at radius 2 is 1.96 bits per heavy atom. The standard InChI is InChI=1S/C19H26N2O3/c1-13-4-6-14(7-5-13)11-17(15-8-9-15)24-18(22)16-3-2-10-21(12-16)19(20)23/h4-7,15-17H,2-3,8-12H2,1H3,(H2,20,23)/t16-,17+/m1/s1. The molecule has 1 aromatic carbocycles. The zero-order valence-electron chi connectivity index (χ0n) is 14.2. The molecule has 5 nitrogen and oxygen atoms in total. The Hall–Kier alpha value is -2.04. The molecule has 1 heterocycles. The van der Waals surface area contributed by atoms with Crippen LogP contribution in [0.15, 0.2) is 24.3 Å². The second-order valence-electron chi connectivity index (χ2n) is 7.13. The molecule has 1 aromatic rings. The minimum absolute atomic E-state index is 0.0517. The van der Waals surface area contributed by atoms with Crippen molar-refractivity contribution >= 4 is 12.0 Å². The highest BCUT2D eigenvalue weighted by Crippen LogP contribution is 2.36. The summed E-state index contributed by atoms with van der Waals surface area (Å²) in [5, 5.41) is 0. The molecule has 2 N–H and O–H groups in total. The smallest absolute Gasteiger partial charge is 0.314 e. The summed E-state index contributed by atoms with van der Waals surface area (Å²) < 4.78 is 5.86. The van der Waals surface area contributed by atoms with Crippen molar-refractivity contribution in [3.8, 4) is 0 Å². The van der Waals surface area contributed by atoms with Crippen LogP contribution in [0.2, 0.25) is 0 Å². The van der Waals surface area contributed by atoms with E-state index in [1.807, 2.05) is 0 Å². The molecule has 0 spiro atoms. The van der Waals surface area contributed by atoms with Crippen LogP contribution in [0.1, 0.15) is 36.8 Å². The lowest BCUT2D eigenvalue weighted by atomic mass is 9.98. The minimum atomic E-state index is -0.453. The van der Waals surface area contributed by atoms with E-state index in [1.165, 1.54) is 11.1 Å². The highest BCUT2D eigenvalue weighted by Gasteiger charge is 2.36. The van der Waals surface area contributed by atoms with E-state index >= 15 is 0 Å². The molecular formula is C19H26N2O3. The number of nitrogens with zero attached hydrogens (tertiary/aromatic N) is 1. The van der Waals surface area contributed by atoms with Gasteiger partial charge in [0.05, 0.1) is 5.92 Å². The zero-order chi connectivity index (χ0) is 17.1. The van der Waals surface area contributed by atoms with E-state index in [4.69, 9.17) is 10.5 Å². The van der Waals surface area contributed by atoms with E-state index in [2.05, 4.69) is 31.2 Å². The number of hydrogen-bond acceptors (Lipinski definition) is 3. The first-order chi connectivity index (χ1) is 11.5. The van der Waals surface area contributed by atoms with E-state index in [1.54, 1.807) is 4.90 Å². The van der Waals surface area contributed by atoms with Crippen molar-refractivity contribution in [2.75, 3.05) is 13.1 Å². The van der Waals surface area contributed by atoms with Gasteiger partial charge in [0, 0.05) is 19.5 Å². The molecule has 1 saturated carbocycles. The molecule has 1 aliphatic heterocycles. The molecule has 3 rings (SSSR count). The van der Waals surface area contributed by atoms with Crippen molar-refractivity contribution in [3.63, 3.8) is 0 Å². The SMILES string of the molecule is Cc1ccc(C[C@H](OC(=O)[C@@H]2CCCN(C(N)=O)C2)C2CC2)cc1. The fraction of sp³-hybridized carbons (Fsp3) is 0.579. The first-order valence-electron chi connectivity index (χ1n) is 8.83. The molecule has 5 heteroatoms. The fourth-order valence-corrected chi connectivity index (χ4v) is 3.34. The van der Waals surface area contributed by atoms with Crippen LogP contribution in [-0.4, -0.2) is 36.1 Å². The Morgan fingerprint density at radius 3 is 2.58 bits per heavy atom. The number of ether oxygens (including phenoxy) is 1. The van der Waals surface area contributed by atoms with E-state index < -0.39 is 6.03 Å². The third-order valence-corrected chi connectivity index (χ3v) is 5.04. The van der Waals surface area contributed by atoms with Gasteiger partial charge < -0.3 is 15.4 Å². The highest BCUT2D eigenvalue weighted by molar-refractivity contribution is 5.76. The van der Waals surface area contributed by atoms with Gasteiger partial charge in [-0.25, -0.2) is 4.79 Å². The molecule has 0 unspecified atom stereocenters. The van der Waals surface area contributed by atoms with Crippen LogP contribution in [0.4, 0.5) is 4.79 Å². The molecule has 0 bridgehead atoms. The van der Waals surface area contributed by atoms with Gasteiger partial charge in [-0.1, -0.05) is 29.8 Å². The maximum atomic E-state index is 12.6. The van der Waals surface area contributed by atoms with Crippen molar-refractivity contribution in [1.82, 2.24) is 4.90 Å². The Labute approximate surface area is 143 Å². The molecule has 2 atom stereocenters. The summed E-state index contributed by atoms with van der Waals surface area (Å²) in [6.07, 6.45) is 4.54. The van der Waals surface area contributed by atoms with Gasteiger partial charge in [-0.3, -0.25) is 4.79 Å². The van der Waals surface area contributed by atoms with Crippen molar-refractivity contribution < 1.29 is 14.3 Å². The van der Waals surface area contributed by atoms with Crippen LogP contribution < -0.4 is 5.73 Å². The van der Waals surface area contributed by atoms with Crippen LogP contribution in [0.25, 0.3) is 0 Å². The molecule has 2 fully saturated rings. The van der Waals surface area contributed by atoms with E-state index in [0.29, 0.717) is 19.0 Å². The zero-order valence-corrected chi connectivity index (χ0v) is 14.2. The van der Waals surface area contributed by atoms with E-state index in [9.17, 15) is 9.59 Å². The van der Waals surface area contributed by atoms with Crippen molar-refractivity contribution in [2.45, 2.75) is 45.1 Å². The third kappa shape index (κ3) is 4.28. The van der Waals surface area contributed by atoms with Crippen LogP contribution in [0, 0.1) is 18.8 Å². The Balaban J connectivity index is 1.59. The highest BCUT2D eigenvalue weighted by atomic mass is 16.5. The van der Waals surface area contributed by atoms with Crippen molar-refractivity contribution in [3.05, 3.63) is 35.4 Å². The minimum Gasteiger partial charge on any atom is -0.461 e. The quantitative estimate of drug-likeness (QED) is 0.844. The molecule has 2 amide bonds. The number of nitrogens with two attached hydrogens (primary N) is 1. The van der Waals surface area contributed by atoms with Crippen LogP contribution >= 0.6 is 0 Å². The number of esters is 1. The third-order valence-electron chi connectivity index (χ3n) is 5.04. The molecule has 2 aliphatic rings. The lowest BCUT2D eigenvalue weighted by Gasteiger charge is -2.31. The fourth-order valence-electron chi connectivity index (χ4n) is 3.34. The number of amides is 2. The molecule has 24 heavy (non-hydrogen) atoms. The lowest BCUT2D eigenvalue weighted by Crippen LogP contribution is -2.45. The van der Waals surface area contributed by atoms with Gasteiger partial charge in [0.25, 0.3) is 0 Å². The van der Waals surface area contributed by atoms with Crippen LogP contribution in [0.3, 0.4) is 0 Å². The number of aryl methyl sites for hydroxylation is 1. The molecule has 0 radical (unpaired) electrons. The summed E-state index contributed by atoms with van der Waals surface area (Å²) in [5.74, 6) is 0.0570. The molecule has 1 aliphatic carbocycles. The summed E-state index contributed by atoms with van der Waals surface area (Å²) in [6, 6.07) is 7.94. The maximum Gasteiger partial charge on any atom is 0.314 e. The average Bonchev–Trinajstić information content (AvgIpc) is 3.41. The number of piperidine rings is 1. The number of urea groups is 1. The Bertz CT molecular complexity index is 595. The van der Waals surface area contributed by atoms with Gasteiger partial charge in [-0.2, -0.15) is 0 Å². The van der Waals surface area contributed by atoms with Gasteiger partial charge in [-0.15, -0.1) is 0 Å². The molecule has 0 aromatic heterocycles. The van der Waals surface area contributed by atoms with Crippen LogP contribution in [0.5, 0.6) is 0 Å². The molecule has 1 saturated heterocycles. The predicted octanol–water partition coefficient (Wildman–Crippen LogP) is 2.65. The molecule has 130 valence electrons. The number of likely N-dealkylation sites (tertiary alicyclic amines) is 1. The number of hydrogen-bond donors (Lipinski definition) is 1. The van der Waals surface area contributed by atoms with Gasteiger partial charge >= 0.3 is 12.0 Å². The number of primary amides is 1. The summed E-state index contributed by atoms with van der Waals surface area (Å²) in [5.41, 5.74) is 7.77. The average molecular weight is 330 g/mol. The number of rotatable bonds is 5. The van der Waals surface area contributed by atoms with Gasteiger partial charge in [0.15, 0.2) is 0 Å². The first kappa shape index (κ1) is 16.8. The number of carbonyl (C=O) groups excluding carboxylic acids is 2. The van der Waals surface area contributed by atoms with Crippen molar-refractivity contribution in [1.29, 1.82) is 0 Å². The van der Waals surface area contributed by atoms with E-state index in [-0.39, 0.29) is 18.0 Å². The number of carbonyl (C=O) groups is 2. The second kappa shape index (κ2) is 7.24. The van der Waals surface area contributed by atoms with Gasteiger partial charge in [0.2, 0.25) is 0 Å².